The molecule has 0 amide bonds. The SMILES string of the molecule is CC1NCCCC1NS(=O)(=O)c1cccc(F)c1[N+](=O)[O-]. The molecule has 0 spiro atoms. The van der Waals surface area contributed by atoms with Crippen LogP contribution in [0.25, 0.3) is 0 Å². The third-order valence-electron chi connectivity index (χ3n) is 3.49. The van der Waals surface area contributed by atoms with E-state index in [4.69, 9.17) is 0 Å². The van der Waals surface area contributed by atoms with Crippen molar-refractivity contribution in [3.63, 3.8) is 0 Å². The molecule has 21 heavy (non-hydrogen) atoms. The van der Waals surface area contributed by atoms with Gasteiger partial charge >= 0.3 is 5.69 Å². The van der Waals surface area contributed by atoms with Gasteiger partial charge in [0.1, 0.15) is 0 Å². The Kier molecular flexibility index (Phi) is 4.55. The molecule has 0 radical (unpaired) electrons. The van der Waals surface area contributed by atoms with Crippen molar-refractivity contribution < 1.29 is 17.7 Å². The first kappa shape index (κ1) is 15.8. The number of hydrogen-bond donors (Lipinski definition) is 2. The first-order valence-electron chi connectivity index (χ1n) is 6.51. The van der Waals surface area contributed by atoms with Crippen molar-refractivity contribution >= 4 is 15.7 Å². The number of nitro groups is 1. The average Bonchev–Trinajstić information content (AvgIpc) is 2.40. The van der Waals surface area contributed by atoms with E-state index in [2.05, 4.69) is 10.0 Å². The highest BCUT2D eigenvalue weighted by molar-refractivity contribution is 7.89. The summed E-state index contributed by atoms with van der Waals surface area (Å²) in [5.41, 5.74) is -1.03. The quantitative estimate of drug-likeness (QED) is 0.641. The van der Waals surface area contributed by atoms with Gasteiger partial charge in [-0.1, -0.05) is 6.07 Å². The molecule has 9 heteroatoms. The van der Waals surface area contributed by atoms with E-state index in [9.17, 15) is 22.9 Å². The molecule has 1 saturated heterocycles. The van der Waals surface area contributed by atoms with Gasteiger partial charge in [0, 0.05) is 12.1 Å². The summed E-state index contributed by atoms with van der Waals surface area (Å²) < 4.78 is 40.6. The van der Waals surface area contributed by atoms with Crippen LogP contribution in [0.1, 0.15) is 19.8 Å². The van der Waals surface area contributed by atoms with E-state index in [-0.39, 0.29) is 12.1 Å². The number of nitro benzene ring substituents is 1. The minimum absolute atomic E-state index is 0.0962. The Morgan fingerprint density at radius 3 is 2.81 bits per heavy atom. The van der Waals surface area contributed by atoms with Crippen LogP contribution >= 0.6 is 0 Å². The predicted molar refractivity (Wildman–Crippen MR) is 73.9 cm³/mol. The molecule has 0 aromatic heterocycles. The first-order chi connectivity index (χ1) is 9.83. The molecule has 1 aliphatic heterocycles. The van der Waals surface area contributed by atoms with E-state index in [1.54, 1.807) is 0 Å². The smallest absolute Gasteiger partial charge is 0.313 e. The fraction of sp³-hybridized carbons (Fsp3) is 0.500. The lowest BCUT2D eigenvalue weighted by Crippen LogP contribution is -2.51. The number of para-hydroxylation sites is 1. The topological polar surface area (TPSA) is 101 Å². The molecular weight excluding hydrogens is 301 g/mol. The Bertz CT molecular complexity index is 650. The van der Waals surface area contributed by atoms with Crippen molar-refractivity contribution in [3.8, 4) is 0 Å². The molecule has 7 nitrogen and oxygen atoms in total. The van der Waals surface area contributed by atoms with Gasteiger partial charge in [0.15, 0.2) is 4.90 Å². The summed E-state index contributed by atoms with van der Waals surface area (Å²) in [5.74, 6) is -1.17. The molecular formula is C12H16FN3O4S. The summed E-state index contributed by atoms with van der Waals surface area (Å²) in [6.07, 6.45) is 1.42. The molecule has 0 saturated carbocycles. The molecule has 2 unspecified atom stereocenters. The third kappa shape index (κ3) is 3.36. The number of sulfonamides is 1. The lowest BCUT2D eigenvalue weighted by molar-refractivity contribution is -0.390. The van der Waals surface area contributed by atoms with Crippen molar-refractivity contribution in [3.05, 3.63) is 34.1 Å². The highest BCUT2D eigenvalue weighted by atomic mass is 32.2. The molecule has 2 rings (SSSR count). The van der Waals surface area contributed by atoms with Crippen molar-refractivity contribution in [2.75, 3.05) is 6.54 Å². The summed E-state index contributed by atoms with van der Waals surface area (Å²) in [7, 11) is -4.16. The van der Waals surface area contributed by atoms with Crippen molar-refractivity contribution in [2.45, 2.75) is 36.7 Å². The van der Waals surface area contributed by atoms with Crippen LogP contribution in [0.3, 0.4) is 0 Å². The molecule has 1 aromatic rings. The van der Waals surface area contributed by atoms with Crippen LogP contribution in [0.15, 0.2) is 23.1 Å². The number of nitrogens with one attached hydrogen (secondary N) is 2. The molecule has 1 fully saturated rings. The second kappa shape index (κ2) is 6.04. The molecule has 1 heterocycles. The van der Waals surface area contributed by atoms with Crippen LogP contribution in [-0.4, -0.2) is 32.0 Å². The van der Waals surface area contributed by atoms with Crippen LogP contribution in [0.4, 0.5) is 10.1 Å². The van der Waals surface area contributed by atoms with Gasteiger partial charge in [-0.3, -0.25) is 10.1 Å². The van der Waals surface area contributed by atoms with E-state index < -0.39 is 31.3 Å². The maximum Gasteiger partial charge on any atom is 0.324 e. The molecule has 1 aliphatic rings. The summed E-state index contributed by atoms with van der Waals surface area (Å²) in [4.78, 5) is 9.24. The zero-order valence-corrected chi connectivity index (χ0v) is 12.2. The lowest BCUT2D eigenvalue weighted by Gasteiger charge is -2.30. The number of hydrogen-bond acceptors (Lipinski definition) is 5. The number of nitrogens with zero attached hydrogens (tertiary/aromatic N) is 1. The van der Waals surface area contributed by atoms with Crippen LogP contribution in [0.2, 0.25) is 0 Å². The van der Waals surface area contributed by atoms with Gasteiger partial charge in [0.05, 0.1) is 4.92 Å². The fourth-order valence-corrected chi connectivity index (χ4v) is 3.89. The fourth-order valence-electron chi connectivity index (χ4n) is 2.36. The Balaban J connectivity index is 2.36. The lowest BCUT2D eigenvalue weighted by atomic mass is 10.0. The number of benzene rings is 1. The van der Waals surface area contributed by atoms with Crippen LogP contribution < -0.4 is 10.0 Å². The molecule has 0 bridgehead atoms. The Morgan fingerprint density at radius 2 is 2.19 bits per heavy atom. The maximum absolute atomic E-state index is 13.5. The summed E-state index contributed by atoms with van der Waals surface area (Å²) in [6.45, 7) is 2.62. The molecule has 2 atom stereocenters. The first-order valence-corrected chi connectivity index (χ1v) is 8.00. The van der Waals surface area contributed by atoms with Gasteiger partial charge in [0.25, 0.3) is 0 Å². The second-order valence-electron chi connectivity index (χ2n) is 4.96. The van der Waals surface area contributed by atoms with E-state index in [0.29, 0.717) is 6.42 Å². The van der Waals surface area contributed by atoms with Gasteiger partial charge in [-0.15, -0.1) is 0 Å². The molecule has 116 valence electrons. The largest absolute Gasteiger partial charge is 0.324 e. The number of piperidine rings is 1. The molecule has 2 N–H and O–H groups in total. The Morgan fingerprint density at radius 1 is 1.48 bits per heavy atom. The van der Waals surface area contributed by atoms with Crippen LogP contribution in [-0.2, 0) is 10.0 Å². The van der Waals surface area contributed by atoms with E-state index >= 15 is 0 Å². The highest BCUT2D eigenvalue weighted by Crippen LogP contribution is 2.27. The summed E-state index contributed by atoms with van der Waals surface area (Å²) >= 11 is 0. The Hall–Kier alpha value is -1.58. The summed E-state index contributed by atoms with van der Waals surface area (Å²) in [6, 6.07) is 2.55. The molecule has 0 aliphatic carbocycles. The van der Waals surface area contributed by atoms with Gasteiger partial charge < -0.3 is 5.32 Å². The molecule has 1 aromatic carbocycles. The average molecular weight is 317 g/mol. The third-order valence-corrected chi connectivity index (χ3v) is 5.01. The van der Waals surface area contributed by atoms with Gasteiger partial charge in [-0.05, 0) is 38.4 Å². The van der Waals surface area contributed by atoms with Gasteiger partial charge in [-0.25, -0.2) is 13.1 Å². The maximum atomic E-state index is 13.5. The number of rotatable bonds is 4. The van der Waals surface area contributed by atoms with Crippen LogP contribution in [0.5, 0.6) is 0 Å². The summed E-state index contributed by atoms with van der Waals surface area (Å²) in [5, 5.41) is 14.0. The normalized spacial score (nSPS) is 23.0. The Labute approximate surface area is 121 Å². The standard InChI is InChI=1S/C12H16FN3O4S/c1-8-10(5-3-7-14-8)15-21(19,20)11-6-2-4-9(13)12(11)16(17)18/h2,4,6,8,10,14-15H,3,5,7H2,1H3. The second-order valence-corrected chi connectivity index (χ2v) is 6.64. The van der Waals surface area contributed by atoms with E-state index in [1.165, 1.54) is 0 Å². The minimum Gasteiger partial charge on any atom is -0.313 e. The van der Waals surface area contributed by atoms with Crippen molar-refractivity contribution in [1.29, 1.82) is 0 Å². The zero-order valence-electron chi connectivity index (χ0n) is 11.4. The number of halogens is 1. The monoisotopic (exact) mass is 317 g/mol. The zero-order chi connectivity index (χ0) is 15.6. The van der Waals surface area contributed by atoms with Gasteiger partial charge in [-0.2, -0.15) is 4.39 Å². The van der Waals surface area contributed by atoms with E-state index in [0.717, 1.165) is 31.2 Å². The van der Waals surface area contributed by atoms with Gasteiger partial charge in [0.2, 0.25) is 15.8 Å². The minimum atomic E-state index is -4.16. The van der Waals surface area contributed by atoms with Crippen molar-refractivity contribution in [1.82, 2.24) is 10.0 Å². The highest BCUT2D eigenvalue weighted by Gasteiger charge is 2.33. The predicted octanol–water partition coefficient (Wildman–Crippen LogP) is 1.15. The van der Waals surface area contributed by atoms with E-state index in [1.807, 2.05) is 6.92 Å². The van der Waals surface area contributed by atoms with Crippen LogP contribution in [0, 0.1) is 15.9 Å². The van der Waals surface area contributed by atoms with Crippen molar-refractivity contribution in [2.24, 2.45) is 0 Å².